The topological polar surface area (TPSA) is 70.9 Å². The Morgan fingerprint density at radius 1 is 1.21 bits per heavy atom. The van der Waals surface area contributed by atoms with Crippen molar-refractivity contribution in [3.8, 4) is 0 Å². The number of rotatable bonds is 3. The lowest BCUT2D eigenvalue weighted by molar-refractivity contribution is 0.265. The molecule has 0 radical (unpaired) electrons. The van der Waals surface area contributed by atoms with Gasteiger partial charge in [0.05, 0.1) is 12.1 Å². The second kappa shape index (κ2) is 3.49. The van der Waals surface area contributed by atoms with E-state index in [1.54, 1.807) is 0 Å². The number of hydrogen-bond donors (Lipinski definition) is 2. The van der Waals surface area contributed by atoms with E-state index in [1.807, 2.05) is 0 Å². The van der Waals surface area contributed by atoms with Crippen LogP contribution in [0, 0.1) is 0 Å². The molecule has 1 saturated carbocycles. The van der Waals surface area contributed by atoms with Crippen molar-refractivity contribution in [2.24, 2.45) is 0 Å². The van der Waals surface area contributed by atoms with Crippen LogP contribution >= 0.6 is 23.2 Å². The van der Waals surface area contributed by atoms with E-state index in [4.69, 9.17) is 28.3 Å². The Labute approximate surface area is 90.5 Å². The van der Waals surface area contributed by atoms with Gasteiger partial charge in [-0.05, 0) is 36.0 Å². The van der Waals surface area contributed by atoms with Gasteiger partial charge in [-0.2, -0.15) is 15.0 Å². The molecule has 0 unspecified atom stereocenters. The average Bonchev–Trinajstić information content (AvgIpc) is 2.83. The molecule has 0 aliphatic heterocycles. The summed E-state index contributed by atoms with van der Waals surface area (Å²) in [7, 11) is 0. The van der Waals surface area contributed by atoms with Crippen LogP contribution in [0.1, 0.15) is 12.8 Å². The minimum atomic E-state index is -0.284. The maximum absolute atomic E-state index is 9.06. The highest BCUT2D eigenvalue weighted by molar-refractivity contribution is 6.31. The molecule has 2 rings (SSSR count). The van der Waals surface area contributed by atoms with Gasteiger partial charge in [0, 0.05) is 0 Å². The zero-order valence-corrected chi connectivity index (χ0v) is 8.68. The van der Waals surface area contributed by atoms with E-state index >= 15 is 0 Å². The van der Waals surface area contributed by atoms with Gasteiger partial charge in [0.1, 0.15) is 0 Å². The van der Waals surface area contributed by atoms with Crippen LogP contribution in [0.25, 0.3) is 0 Å². The van der Waals surface area contributed by atoms with E-state index in [0.717, 1.165) is 12.8 Å². The number of nitrogens with zero attached hydrogens (tertiary/aromatic N) is 3. The fraction of sp³-hybridized carbons (Fsp3) is 0.571. The number of aliphatic hydroxyl groups excluding tert-OH is 1. The molecule has 0 aromatic carbocycles. The van der Waals surface area contributed by atoms with Gasteiger partial charge in [0.2, 0.25) is 16.5 Å². The summed E-state index contributed by atoms with van der Waals surface area (Å²) in [6, 6.07) is 0. The van der Waals surface area contributed by atoms with Crippen molar-refractivity contribution < 1.29 is 5.11 Å². The van der Waals surface area contributed by atoms with Gasteiger partial charge >= 0.3 is 0 Å². The first-order valence-corrected chi connectivity index (χ1v) is 4.85. The van der Waals surface area contributed by atoms with E-state index in [2.05, 4.69) is 20.3 Å². The Balaban J connectivity index is 2.16. The van der Waals surface area contributed by atoms with Crippen LogP contribution in [-0.4, -0.2) is 32.2 Å². The molecule has 1 aromatic heterocycles. The Morgan fingerprint density at radius 3 is 2.21 bits per heavy atom. The Kier molecular flexibility index (Phi) is 2.47. The third-order valence-corrected chi connectivity index (χ3v) is 2.45. The maximum Gasteiger partial charge on any atom is 0.228 e. The Morgan fingerprint density at radius 2 is 1.79 bits per heavy atom. The van der Waals surface area contributed by atoms with E-state index in [0.29, 0.717) is 5.95 Å². The van der Waals surface area contributed by atoms with E-state index in [9.17, 15) is 0 Å². The van der Waals surface area contributed by atoms with Crippen molar-refractivity contribution in [2.45, 2.75) is 18.4 Å². The molecule has 0 spiro atoms. The molecule has 0 atom stereocenters. The van der Waals surface area contributed by atoms with Gasteiger partial charge in [0.25, 0.3) is 0 Å². The molecule has 14 heavy (non-hydrogen) atoms. The number of aromatic nitrogens is 3. The number of aliphatic hydroxyl groups is 1. The number of anilines is 1. The molecule has 1 aliphatic rings. The molecule has 1 aromatic rings. The van der Waals surface area contributed by atoms with Crippen LogP contribution < -0.4 is 5.32 Å². The molecule has 1 heterocycles. The second-order valence-electron chi connectivity index (χ2n) is 3.26. The van der Waals surface area contributed by atoms with E-state index < -0.39 is 0 Å². The van der Waals surface area contributed by atoms with Gasteiger partial charge in [0.15, 0.2) is 0 Å². The lowest BCUT2D eigenvalue weighted by Crippen LogP contribution is -2.26. The second-order valence-corrected chi connectivity index (χ2v) is 3.94. The normalized spacial score (nSPS) is 17.9. The molecule has 76 valence electrons. The Hall–Kier alpha value is -0.650. The number of nitrogens with one attached hydrogen (secondary N) is 1. The molecule has 1 fully saturated rings. The summed E-state index contributed by atoms with van der Waals surface area (Å²) in [4.78, 5) is 11.3. The van der Waals surface area contributed by atoms with Crippen molar-refractivity contribution in [2.75, 3.05) is 11.9 Å². The summed E-state index contributed by atoms with van der Waals surface area (Å²) < 4.78 is 0. The third-order valence-electron chi connectivity index (χ3n) is 2.11. The minimum absolute atomic E-state index is 0.0428. The zero-order chi connectivity index (χ0) is 10.2. The van der Waals surface area contributed by atoms with Crippen molar-refractivity contribution in [3.05, 3.63) is 10.6 Å². The molecule has 5 nitrogen and oxygen atoms in total. The molecule has 0 saturated heterocycles. The van der Waals surface area contributed by atoms with Crippen LogP contribution in [0.5, 0.6) is 0 Å². The van der Waals surface area contributed by atoms with Gasteiger partial charge in [-0.1, -0.05) is 0 Å². The third kappa shape index (κ3) is 2.05. The van der Waals surface area contributed by atoms with E-state index in [-0.39, 0.29) is 22.7 Å². The summed E-state index contributed by atoms with van der Waals surface area (Å²) in [5.41, 5.74) is -0.284. The highest BCUT2D eigenvalue weighted by Crippen LogP contribution is 2.37. The molecular weight excluding hydrogens is 227 g/mol. The van der Waals surface area contributed by atoms with Crippen LogP contribution in [0.2, 0.25) is 10.6 Å². The average molecular weight is 235 g/mol. The highest BCUT2D eigenvalue weighted by atomic mass is 35.5. The molecule has 1 aliphatic carbocycles. The molecule has 0 amide bonds. The molecular formula is C7H8Cl2N4O. The lowest BCUT2D eigenvalue weighted by atomic mass is 10.3. The van der Waals surface area contributed by atoms with Crippen LogP contribution in [-0.2, 0) is 0 Å². The number of hydrogen-bond acceptors (Lipinski definition) is 5. The first kappa shape index (κ1) is 9.89. The quantitative estimate of drug-likeness (QED) is 0.821. The van der Waals surface area contributed by atoms with Crippen molar-refractivity contribution >= 4 is 29.2 Å². The number of halogens is 2. The smallest absolute Gasteiger partial charge is 0.228 e. The summed E-state index contributed by atoms with van der Waals surface area (Å²) in [6.07, 6.45) is 1.79. The first-order chi connectivity index (χ1) is 6.63. The van der Waals surface area contributed by atoms with Crippen molar-refractivity contribution in [3.63, 3.8) is 0 Å². The Bertz CT molecular complexity index is 335. The van der Waals surface area contributed by atoms with Crippen molar-refractivity contribution in [1.29, 1.82) is 0 Å². The predicted molar refractivity (Wildman–Crippen MR) is 52.5 cm³/mol. The SMILES string of the molecule is OCC1(Nc2nc(Cl)nc(Cl)n2)CC1. The van der Waals surface area contributed by atoms with Gasteiger partial charge < -0.3 is 10.4 Å². The van der Waals surface area contributed by atoms with Gasteiger partial charge in [-0.3, -0.25) is 0 Å². The summed E-state index contributed by atoms with van der Waals surface area (Å²) in [5.74, 6) is 0.307. The standard InChI is InChI=1S/C7H8Cl2N4O/c8-4-10-5(9)12-6(11-4)13-7(3-14)1-2-7/h14H,1-3H2,(H,10,11,12,13). The van der Waals surface area contributed by atoms with Crippen LogP contribution in [0.15, 0.2) is 0 Å². The van der Waals surface area contributed by atoms with Crippen LogP contribution in [0.4, 0.5) is 5.95 Å². The molecule has 0 bridgehead atoms. The van der Waals surface area contributed by atoms with Crippen molar-refractivity contribution in [1.82, 2.24) is 15.0 Å². The first-order valence-electron chi connectivity index (χ1n) is 4.10. The monoisotopic (exact) mass is 234 g/mol. The molecule has 2 N–H and O–H groups in total. The minimum Gasteiger partial charge on any atom is -0.394 e. The summed E-state index contributed by atoms with van der Waals surface area (Å²) in [5, 5.41) is 12.1. The van der Waals surface area contributed by atoms with Gasteiger partial charge in [-0.15, -0.1) is 0 Å². The highest BCUT2D eigenvalue weighted by Gasteiger charge is 2.42. The van der Waals surface area contributed by atoms with Crippen LogP contribution in [0.3, 0.4) is 0 Å². The maximum atomic E-state index is 9.06. The largest absolute Gasteiger partial charge is 0.394 e. The fourth-order valence-electron chi connectivity index (χ4n) is 1.09. The lowest BCUT2D eigenvalue weighted by Gasteiger charge is -2.13. The van der Waals surface area contributed by atoms with Gasteiger partial charge in [-0.25, -0.2) is 0 Å². The fourth-order valence-corrected chi connectivity index (χ4v) is 1.46. The van der Waals surface area contributed by atoms with E-state index in [1.165, 1.54) is 0 Å². The summed E-state index contributed by atoms with van der Waals surface area (Å²) >= 11 is 11.2. The predicted octanol–water partition coefficient (Wildman–Crippen LogP) is 1.12. The molecule has 7 heteroatoms. The zero-order valence-electron chi connectivity index (χ0n) is 7.17. The summed E-state index contributed by atoms with van der Waals surface area (Å²) in [6.45, 7) is 0.0495.